The van der Waals surface area contributed by atoms with Gasteiger partial charge in [-0.2, -0.15) is 5.10 Å². The molecule has 0 spiro atoms. The van der Waals surface area contributed by atoms with E-state index >= 15 is 0 Å². The van der Waals surface area contributed by atoms with Crippen molar-refractivity contribution < 1.29 is 0 Å². The normalized spacial score (nSPS) is 16.8. The van der Waals surface area contributed by atoms with Gasteiger partial charge in [0.15, 0.2) is 0 Å². The molecule has 114 valence electrons. The Balaban J connectivity index is 1.79. The maximum Gasteiger partial charge on any atom is 0.0767 e. The Hall–Kier alpha value is -0.350. The zero-order valence-electron chi connectivity index (χ0n) is 12.9. The van der Waals surface area contributed by atoms with Crippen molar-refractivity contribution >= 4 is 15.9 Å². The van der Waals surface area contributed by atoms with E-state index in [4.69, 9.17) is 0 Å². The van der Waals surface area contributed by atoms with Crippen LogP contribution in [-0.4, -0.2) is 16.3 Å². The third-order valence-electron chi connectivity index (χ3n) is 4.44. The molecule has 1 aromatic heterocycles. The van der Waals surface area contributed by atoms with Gasteiger partial charge in [0.25, 0.3) is 0 Å². The molecule has 1 heterocycles. The van der Waals surface area contributed by atoms with Gasteiger partial charge in [-0.3, -0.25) is 4.68 Å². The van der Waals surface area contributed by atoms with Gasteiger partial charge >= 0.3 is 0 Å². The highest BCUT2D eigenvalue weighted by Gasteiger charge is 2.15. The van der Waals surface area contributed by atoms with Gasteiger partial charge in [-0.25, -0.2) is 0 Å². The average molecular weight is 342 g/mol. The topological polar surface area (TPSA) is 29.9 Å². The summed E-state index contributed by atoms with van der Waals surface area (Å²) < 4.78 is 3.32. The summed E-state index contributed by atoms with van der Waals surface area (Å²) >= 11 is 3.71. The molecule has 2 rings (SSSR count). The van der Waals surface area contributed by atoms with Crippen LogP contribution in [0.15, 0.2) is 4.47 Å². The fourth-order valence-electron chi connectivity index (χ4n) is 3.17. The van der Waals surface area contributed by atoms with E-state index < -0.39 is 0 Å². The van der Waals surface area contributed by atoms with E-state index in [1.165, 1.54) is 54.4 Å². The molecular formula is C16H28BrN3. The van der Waals surface area contributed by atoms with Crippen molar-refractivity contribution in [3.05, 3.63) is 15.9 Å². The number of hydrogen-bond donors (Lipinski definition) is 1. The van der Waals surface area contributed by atoms with Crippen molar-refractivity contribution in [2.75, 3.05) is 6.54 Å². The molecule has 0 atom stereocenters. The Labute approximate surface area is 131 Å². The number of aromatic nitrogens is 2. The minimum absolute atomic E-state index is 0.925. The van der Waals surface area contributed by atoms with Crippen LogP contribution in [0.3, 0.4) is 0 Å². The van der Waals surface area contributed by atoms with E-state index in [1.807, 2.05) is 0 Å². The summed E-state index contributed by atoms with van der Waals surface area (Å²) in [6.07, 6.45) is 9.54. The number of rotatable bonds is 7. The Morgan fingerprint density at radius 1 is 1.25 bits per heavy atom. The molecule has 3 nitrogen and oxygen atoms in total. The molecule has 1 fully saturated rings. The van der Waals surface area contributed by atoms with Crippen LogP contribution in [0, 0.1) is 5.92 Å². The maximum absolute atomic E-state index is 4.65. The SMILES string of the molecule is CCc1nn(CC)c(CNCCC2CCCCC2)c1Br. The second-order valence-electron chi connectivity index (χ2n) is 5.85. The Bertz CT molecular complexity index is 408. The van der Waals surface area contributed by atoms with Crippen LogP contribution < -0.4 is 5.32 Å². The van der Waals surface area contributed by atoms with E-state index in [2.05, 4.69) is 44.9 Å². The van der Waals surface area contributed by atoms with Gasteiger partial charge in [-0.05, 0) is 48.2 Å². The molecule has 1 saturated carbocycles. The van der Waals surface area contributed by atoms with E-state index in [1.54, 1.807) is 0 Å². The molecule has 1 aromatic rings. The number of aryl methyl sites for hydroxylation is 2. The monoisotopic (exact) mass is 341 g/mol. The first-order valence-corrected chi connectivity index (χ1v) is 9.00. The Morgan fingerprint density at radius 3 is 2.65 bits per heavy atom. The molecule has 0 bridgehead atoms. The van der Waals surface area contributed by atoms with Crippen LogP contribution in [0.1, 0.15) is 63.8 Å². The minimum atomic E-state index is 0.925. The van der Waals surface area contributed by atoms with Gasteiger partial charge < -0.3 is 5.32 Å². The summed E-state index contributed by atoms with van der Waals surface area (Å²) in [6.45, 7) is 7.32. The summed E-state index contributed by atoms with van der Waals surface area (Å²) in [4.78, 5) is 0. The lowest BCUT2D eigenvalue weighted by molar-refractivity contribution is 0.333. The van der Waals surface area contributed by atoms with Crippen LogP contribution in [-0.2, 0) is 19.5 Å². The molecule has 0 aromatic carbocycles. The quantitative estimate of drug-likeness (QED) is 0.749. The van der Waals surface area contributed by atoms with Crippen LogP contribution >= 0.6 is 15.9 Å². The largest absolute Gasteiger partial charge is 0.311 e. The molecule has 0 saturated heterocycles. The van der Waals surface area contributed by atoms with Crippen molar-refractivity contribution in [3.8, 4) is 0 Å². The van der Waals surface area contributed by atoms with Gasteiger partial charge in [-0.15, -0.1) is 0 Å². The van der Waals surface area contributed by atoms with Gasteiger partial charge in [0.1, 0.15) is 0 Å². The van der Waals surface area contributed by atoms with E-state index in [0.29, 0.717) is 0 Å². The van der Waals surface area contributed by atoms with Crippen LogP contribution in [0.5, 0.6) is 0 Å². The lowest BCUT2D eigenvalue weighted by atomic mass is 9.87. The molecule has 1 aliphatic rings. The molecule has 0 unspecified atom stereocenters. The smallest absolute Gasteiger partial charge is 0.0767 e. The van der Waals surface area contributed by atoms with Crippen LogP contribution in [0.2, 0.25) is 0 Å². The third-order valence-corrected chi connectivity index (χ3v) is 5.36. The summed E-state index contributed by atoms with van der Waals surface area (Å²) in [5, 5.41) is 8.26. The molecule has 0 radical (unpaired) electrons. The van der Waals surface area contributed by atoms with E-state index in [-0.39, 0.29) is 0 Å². The number of nitrogens with one attached hydrogen (secondary N) is 1. The maximum atomic E-state index is 4.65. The van der Waals surface area contributed by atoms with Crippen LogP contribution in [0.4, 0.5) is 0 Å². The third kappa shape index (κ3) is 4.08. The zero-order chi connectivity index (χ0) is 14.4. The molecule has 0 aliphatic heterocycles. The molecule has 1 aliphatic carbocycles. The highest BCUT2D eigenvalue weighted by atomic mass is 79.9. The minimum Gasteiger partial charge on any atom is -0.311 e. The Morgan fingerprint density at radius 2 is 2.00 bits per heavy atom. The van der Waals surface area contributed by atoms with Gasteiger partial charge in [0, 0.05) is 13.1 Å². The zero-order valence-corrected chi connectivity index (χ0v) is 14.5. The van der Waals surface area contributed by atoms with Crippen molar-refractivity contribution in [1.29, 1.82) is 0 Å². The van der Waals surface area contributed by atoms with Gasteiger partial charge in [0.05, 0.1) is 15.9 Å². The first-order valence-electron chi connectivity index (χ1n) is 8.21. The van der Waals surface area contributed by atoms with Gasteiger partial charge in [-0.1, -0.05) is 39.0 Å². The summed E-state index contributed by atoms with van der Waals surface area (Å²) in [5.41, 5.74) is 2.48. The van der Waals surface area contributed by atoms with Crippen molar-refractivity contribution in [2.45, 2.75) is 71.9 Å². The molecular weight excluding hydrogens is 314 g/mol. The second kappa shape index (κ2) is 8.18. The molecule has 20 heavy (non-hydrogen) atoms. The van der Waals surface area contributed by atoms with Crippen LogP contribution in [0.25, 0.3) is 0 Å². The second-order valence-corrected chi connectivity index (χ2v) is 6.64. The summed E-state index contributed by atoms with van der Waals surface area (Å²) in [6, 6.07) is 0. The molecule has 4 heteroatoms. The number of hydrogen-bond acceptors (Lipinski definition) is 2. The number of nitrogens with zero attached hydrogens (tertiary/aromatic N) is 2. The van der Waals surface area contributed by atoms with E-state index in [9.17, 15) is 0 Å². The van der Waals surface area contributed by atoms with Gasteiger partial charge in [0.2, 0.25) is 0 Å². The molecule has 1 N–H and O–H groups in total. The standard InChI is InChI=1S/C16H28BrN3/c1-3-14-16(17)15(20(4-2)19-14)12-18-11-10-13-8-6-5-7-9-13/h13,18H,3-12H2,1-2H3. The predicted molar refractivity (Wildman–Crippen MR) is 87.9 cm³/mol. The average Bonchev–Trinajstić information content (AvgIpc) is 2.80. The first-order chi connectivity index (χ1) is 9.76. The summed E-state index contributed by atoms with van der Waals surface area (Å²) in [7, 11) is 0. The first kappa shape index (κ1) is 16.0. The predicted octanol–water partition coefficient (Wildman–Crippen LogP) is 4.29. The van der Waals surface area contributed by atoms with E-state index in [0.717, 1.165) is 32.0 Å². The Kier molecular flexibility index (Phi) is 6.56. The fourth-order valence-corrected chi connectivity index (χ4v) is 3.88. The van der Waals surface area contributed by atoms with Crippen molar-refractivity contribution in [3.63, 3.8) is 0 Å². The lowest BCUT2D eigenvalue weighted by Crippen LogP contribution is -2.21. The highest BCUT2D eigenvalue weighted by molar-refractivity contribution is 9.10. The van der Waals surface area contributed by atoms with Crippen molar-refractivity contribution in [2.24, 2.45) is 5.92 Å². The molecule has 0 amide bonds. The van der Waals surface area contributed by atoms with Crippen molar-refractivity contribution in [1.82, 2.24) is 15.1 Å². The lowest BCUT2D eigenvalue weighted by Gasteiger charge is -2.21. The summed E-state index contributed by atoms with van der Waals surface area (Å²) in [5.74, 6) is 0.960. The fraction of sp³-hybridized carbons (Fsp3) is 0.812. The number of halogens is 1. The highest BCUT2D eigenvalue weighted by Crippen LogP contribution is 2.26.